The molecule has 34 heavy (non-hydrogen) atoms. The first-order valence-corrected chi connectivity index (χ1v) is 10.9. The molecular formula is C26H22F3N3O2. The van der Waals surface area contributed by atoms with E-state index in [1.54, 1.807) is 30.0 Å². The van der Waals surface area contributed by atoms with Crippen molar-refractivity contribution < 1.29 is 22.7 Å². The number of alkyl halides is 2. The van der Waals surface area contributed by atoms with Crippen LogP contribution in [-0.4, -0.2) is 29.9 Å². The molecule has 2 aliphatic heterocycles. The molecule has 1 N–H and O–H groups in total. The molecule has 5 nitrogen and oxygen atoms in total. The van der Waals surface area contributed by atoms with Gasteiger partial charge in [0.25, 0.3) is 5.91 Å². The fourth-order valence-corrected chi connectivity index (χ4v) is 4.77. The number of benzene rings is 3. The lowest BCUT2D eigenvalue weighted by Crippen LogP contribution is -2.45. The Morgan fingerprint density at radius 3 is 2.53 bits per heavy atom. The molecule has 1 fully saturated rings. The van der Waals surface area contributed by atoms with E-state index in [1.165, 1.54) is 24.3 Å². The summed E-state index contributed by atoms with van der Waals surface area (Å²) in [5.41, 5.74) is 0.785. The van der Waals surface area contributed by atoms with Crippen LogP contribution >= 0.6 is 0 Å². The van der Waals surface area contributed by atoms with Crippen molar-refractivity contribution in [2.24, 2.45) is 4.99 Å². The quantitative estimate of drug-likeness (QED) is 0.583. The van der Waals surface area contributed by atoms with Crippen LogP contribution in [0.25, 0.3) is 0 Å². The van der Waals surface area contributed by atoms with Gasteiger partial charge >= 0.3 is 6.61 Å². The second kappa shape index (κ2) is 8.52. The van der Waals surface area contributed by atoms with Crippen LogP contribution in [0.1, 0.15) is 34.7 Å². The Morgan fingerprint density at radius 2 is 1.82 bits per heavy atom. The highest BCUT2D eigenvalue weighted by Crippen LogP contribution is 2.42. The van der Waals surface area contributed by atoms with Crippen LogP contribution in [0, 0.1) is 12.7 Å². The summed E-state index contributed by atoms with van der Waals surface area (Å²) >= 11 is 0. The summed E-state index contributed by atoms with van der Waals surface area (Å²) < 4.78 is 44.5. The molecule has 0 spiro atoms. The number of hydrogen-bond donors (Lipinski definition) is 1. The number of nitrogens with one attached hydrogen (secondary N) is 1. The highest BCUT2D eigenvalue weighted by molar-refractivity contribution is 6.12. The van der Waals surface area contributed by atoms with Gasteiger partial charge in [-0.05, 0) is 59.9 Å². The zero-order valence-electron chi connectivity index (χ0n) is 18.3. The maximum atomic E-state index is 14.3. The summed E-state index contributed by atoms with van der Waals surface area (Å²) in [5.74, 6) is -0.393. The number of guanidine groups is 1. The summed E-state index contributed by atoms with van der Waals surface area (Å²) in [5, 5.41) is 3.27. The second-order valence-corrected chi connectivity index (χ2v) is 8.34. The molecule has 3 aromatic carbocycles. The van der Waals surface area contributed by atoms with Gasteiger partial charge in [0.1, 0.15) is 11.6 Å². The minimum absolute atomic E-state index is 0.0100. The molecule has 0 radical (unpaired) electrons. The SMILES string of the molecule is Cc1cc(C2(c3cccc(F)c3)NC3=NCCC(c4ccccc4)N3C2=O)ccc1OC(F)F. The maximum Gasteiger partial charge on any atom is 0.387 e. The molecule has 3 aromatic rings. The molecule has 2 atom stereocenters. The Bertz CT molecular complexity index is 1270. The van der Waals surface area contributed by atoms with Gasteiger partial charge in [-0.3, -0.25) is 14.7 Å². The van der Waals surface area contributed by atoms with E-state index in [0.717, 1.165) is 5.56 Å². The lowest BCUT2D eigenvalue weighted by atomic mass is 9.81. The van der Waals surface area contributed by atoms with E-state index in [4.69, 9.17) is 0 Å². The first-order valence-electron chi connectivity index (χ1n) is 10.9. The van der Waals surface area contributed by atoms with Crippen molar-refractivity contribution >= 4 is 11.9 Å². The van der Waals surface area contributed by atoms with Gasteiger partial charge in [0.05, 0.1) is 6.04 Å². The number of hydrogen-bond acceptors (Lipinski definition) is 4. The molecule has 0 aromatic heterocycles. The van der Waals surface area contributed by atoms with Crippen molar-refractivity contribution in [3.63, 3.8) is 0 Å². The topological polar surface area (TPSA) is 53.9 Å². The zero-order chi connectivity index (χ0) is 23.9. The summed E-state index contributed by atoms with van der Waals surface area (Å²) in [6, 6.07) is 19.8. The largest absolute Gasteiger partial charge is 0.435 e. The molecule has 0 bridgehead atoms. The number of halogens is 3. The highest BCUT2D eigenvalue weighted by atomic mass is 19.3. The van der Waals surface area contributed by atoms with Gasteiger partial charge in [0, 0.05) is 6.54 Å². The Hall–Kier alpha value is -3.81. The van der Waals surface area contributed by atoms with Crippen molar-refractivity contribution in [3.05, 3.63) is 101 Å². The van der Waals surface area contributed by atoms with Crippen LogP contribution < -0.4 is 10.1 Å². The van der Waals surface area contributed by atoms with Gasteiger partial charge in [-0.2, -0.15) is 8.78 Å². The summed E-state index contributed by atoms with van der Waals surface area (Å²) in [7, 11) is 0. The van der Waals surface area contributed by atoms with Gasteiger partial charge in [0.15, 0.2) is 5.54 Å². The molecule has 174 valence electrons. The molecule has 5 rings (SSSR count). The normalized spacial score (nSPS) is 21.8. The van der Waals surface area contributed by atoms with Crippen molar-refractivity contribution in [2.45, 2.75) is 31.5 Å². The number of carbonyl (C=O) groups excluding carboxylic acids is 1. The van der Waals surface area contributed by atoms with Crippen LogP contribution in [0.3, 0.4) is 0 Å². The van der Waals surface area contributed by atoms with Crippen LogP contribution in [0.2, 0.25) is 0 Å². The van der Waals surface area contributed by atoms with Crippen molar-refractivity contribution in [1.82, 2.24) is 10.2 Å². The molecule has 1 saturated heterocycles. The number of ether oxygens (including phenoxy) is 1. The molecule has 8 heteroatoms. The number of carbonyl (C=O) groups is 1. The Balaban J connectivity index is 1.67. The van der Waals surface area contributed by atoms with Crippen LogP contribution in [-0.2, 0) is 10.3 Å². The monoisotopic (exact) mass is 465 g/mol. The fourth-order valence-electron chi connectivity index (χ4n) is 4.77. The zero-order valence-corrected chi connectivity index (χ0v) is 18.3. The van der Waals surface area contributed by atoms with Crippen LogP contribution in [0.15, 0.2) is 77.8 Å². The van der Waals surface area contributed by atoms with Gasteiger partial charge in [-0.1, -0.05) is 48.5 Å². The molecule has 1 amide bonds. The summed E-state index contributed by atoms with van der Waals surface area (Å²) in [6.07, 6.45) is 0.639. The third-order valence-corrected chi connectivity index (χ3v) is 6.31. The van der Waals surface area contributed by atoms with E-state index in [-0.39, 0.29) is 17.7 Å². The highest BCUT2D eigenvalue weighted by Gasteiger charge is 2.55. The Labute approximate surface area is 194 Å². The van der Waals surface area contributed by atoms with Crippen LogP contribution in [0.4, 0.5) is 13.2 Å². The van der Waals surface area contributed by atoms with Gasteiger partial charge < -0.3 is 10.1 Å². The summed E-state index contributed by atoms with van der Waals surface area (Å²) in [6.45, 7) is -0.828. The number of amides is 1. The van der Waals surface area contributed by atoms with Gasteiger partial charge in [-0.15, -0.1) is 0 Å². The molecule has 2 unspecified atom stereocenters. The van der Waals surface area contributed by atoms with Crippen molar-refractivity contribution in [1.29, 1.82) is 0 Å². The minimum Gasteiger partial charge on any atom is -0.435 e. The number of rotatable bonds is 5. The molecule has 2 aliphatic rings. The van der Waals surface area contributed by atoms with Crippen molar-refractivity contribution in [3.8, 4) is 5.75 Å². The van der Waals surface area contributed by atoms with E-state index < -0.39 is 18.0 Å². The molecule has 2 heterocycles. The fraction of sp³-hybridized carbons (Fsp3) is 0.231. The number of aryl methyl sites for hydroxylation is 1. The smallest absolute Gasteiger partial charge is 0.387 e. The van der Waals surface area contributed by atoms with E-state index in [2.05, 4.69) is 15.0 Å². The van der Waals surface area contributed by atoms with E-state index in [0.29, 0.717) is 35.6 Å². The van der Waals surface area contributed by atoms with Crippen molar-refractivity contribution in [2.75, 3.05) is 6.54 Å². The Morgan fingerprint density at radius 1 is 1.06 bits per heavy atom. The third kappa shape index (κ3) is 3.59. The molecule has 0 aliphatic carbocycles. The second-order valence-electron chi connectivity index (χ2n) is 8.34. The third-order valence-electron chi connectivity index (χ3n) is 6.31. The van der Waals surface area contributed by atoms with E-state index in [1.807, 2.05) is 30.3 Å². The first-order chi connectivity index (χ1) is 16.4. The predicted molar refractivity (Wildman–Crippen MR) is 121 cm³/mol. The molecular weight excluding hydrogens is 443 g/mol. The standard InChI is InChI=1S/C26H22F3N3O2/c1-16-14-19(10-11-22(16)34-24(28)29)26(18-8-5-9-20(27)15-18)23(33)32-21(12-13-30-25(32)31-26)17-6-3-2-4-7-17/h2-11,14-15,21,24H,12-13H2,1H3,(H,30,31). The average molecular weight is 465 g/mol. The predicted octanol–water partition coefficient (Wildman–Crippen LogP) is 4.91. The minimum atomic E-state index is -2.97. The number of fused-ring (bicyclic) bond motifs is 1. The summed E-state index contributed by atoms with van der Waals surface area (Å²) in [4.78, 5) is 20.4. The van der Waals surface area contributed by atoms with E-state index >= 15 is 0 Å². The van der Waals surface area contributed by atoms with E-state index in [9.17, 15) is 18.0 Å². The van der Waals surface area contributed by atoms with Crippen LogP contribution in [0.5, 0.6) is 5.75 Å². The average Bonchev–Trinajstić information content (AvgIpc) is 3.14. The number of nitrogens with zero attached hydrogens (tertiary/aromatic N) is 2. The van der Waals surface area contributed by atoms with Gasteiger partial charge in [-0.25, -0.2) is 4.39 Å². The first kappa shape index (κ1) is 22.0. The molecule has 0 saturated carbocycles. The maximum absolute atomic E-state index is 14.3. The lowest BCUT2D eigenvalue weighted by molar-refractivity contribution is -0.131. The van der Waals surface area contributed by atoms with Gasteiger partial charge in [0.2, 0.25) is 5.96 Å². The number of aliphatic imine (C=N–C) groups is 1. The lowest BCUT2D eigenvalue weighted by Gasteiger charge is -2.32. The Kier molecular flexibility index (Phi) is 5.51.